The van der Waals surface area contributed by atoms with Crippen LogP contribution >= 0.6 is 15.9 Å². The van der Waals surface area contributed by atoms with E-state index >= 15 is 0 Å². The van der Waals surface area contributed by atoms with E-state index in [1.165, 1.54) is 12.1 Å². The summed E-state index contributed by atoms with van der Waals surface area (Å²) in [5.74, 6) is -0.698. The third-order valence-electron chi connectivity index (χ3n) is 3.26. The number of nitrogens with zero attached hydrogens (tertiary/aromatic N) is 2. The number of piperazine rings is 1. The molecule has 2 amide bonds. The molecule has 0 aromatic heterocycles. The molecule has 5 nitrogen and oxygen atoms in total. The highest BCUT2D eigenvalue weighted by Gasteiger charge is 2.25. The summed E-state index contributed by atoms with van der Waals surface area (Å²) in [4.78, 5) is 27.0. The Bertz CT molecular complexity index is 545. The van der Waals surface area contributed by atoms with Gasteiger partial charge in [-0.3, -0.25) is 4.79 Å². The van der Waals surface area contributed by atoms with Gasteiger partial charge < -0.3 is 14.5 Å². The van der Waals surface area contributed by atoms with Gasteiger partial charge in [0.05, 0.1) is 11.1 Å². The molecule has 0 aliphatic carbocycles. The Morgan fingerprint density at radius 1 is 1.24 bits per heavy atom. The quantitative estimate of drug-likeness (QED) is 0.815. The van der Waals surface area contributed by atoms with Crippen molar-refractivity contribution in [1.82, 2.24) is 9.80 Å². The van der Waals surface area contributed by atoms with E-state index in [1.54, 1.807) is 22.8 Å². The van der Waals surface area contributed by atoms with Crippen molar-refractivity contribution in [2.75, 3.05) is 32.8 Å². The molecule has 1 aliphatic rings. The summed E-state index contributed by atoms with van der Waals surface area (Å²) in [7, 11) is 0. The minimum atomic E-state index is -0.467. The van der Waals surface area contributed by atoms with E-state index < -0.39 is 5.82 Å². The number of amides is 2. The molecule has 1 saturated heterocycles. The fraction of sp³-hybridized carbons (Fsp3) is 0.429. The van der Waals surface area contributed by atoms with Crippen molar-refractivity contribution >= 4 is 27.9 Å². The molecular formula is C14H16BrFN2O3. The average Bonchev–Trinajstić information content (AvgIpc) is 2.50. The lowest BCUT2D eigenvalue weighted by molar-refractivity contribution is 0.0570. The molecular weight excluding hydrogens is 343 g/mol. The van der Waals surface area contributed by atoms with Gasteiger partial charge in [-0.2, -0.15) is 0 Å². The summed E-state index contributed by atoms with van der Waals surface area (Å²) >= 11 is 3.06. The highest BCUT2D eigenvalue weighted by atomic mass is 79.9. The monoisotopic (exact) mass is 358 g/mol. The first-order valence-electron chi connectivity index (χ1n) is 6.69. The summed E-state index contributed by atoms with van der Waals surface area (Å²) in [6.45, 7) is 3.74. The lowest BCUT2D eigenvalue weighted by Crippen LogP contribution is -2.50. The summed E-state index contributed by atoms with van der Waals surface area (Å²) in [5, 5.41) is 0. The van der Waals surface area contributed by atoms with Crippen LogP contribution in [-0.2, 0) is 4.74 Å². The van der Waals surface area contributed by atoms with Gasteiger partial charge in [0, 0.05) is 31.7 Å². The van der Waals surface area contributed by atoms with Crippen molar-refractivity contribution in [3.05, 3.63) is 34.1 Å². The second-order valence-electron chi connectivity index (χ2n) is 4.61. The van der Waals surface area contributed by atoms with Gasteiger partial charge >= 0.3 is 6.09 Å². The van der Waals surface area contributed by atoms with Crippen molar-refractivity contribution < 1.29 is 18.7 Å². The zero-order chi connectivity index (χ0) is 15.4. The van der Waals surface area contributed by atoms with Crippen LogP contribution in [0.3, 0.4) is 0 Å². The molecule has 1 aliphatic heterocycles. The van der Waals surface area contributed by atoms with Crippen molar-refractivity contribution in [3.8, 4) is 0 Å². The van der Waals surface area contributed by atoms with Crippen LogP contribution in [0.2, 0.25) is 0 Å². The van der Waals surface area contributed by atoms with Gasteiger partial charge in [0.25, 0.3) is 5.91 Å². The van der Waals surface area contributed by atoms with E-state index in [0.717, 1.165) is 0 Å². The molecule has 0 atom stereocenters. The minimum Gasteiger partial charge on any atom is -0.450 e. The Kier molecular flexibility index (Phi) is 5.17. The third kappa shape index (κ3) is 3.72. The Balaban J connectivity index is 1.97. The zero-order valence-corrected chi connectivity index (χ0v) is 13.2. The second kappa shape index (κ2) is 6.89. The molecule has 0 radical (unpaired) electrons. The highest BCUT2D eigenvalue weighted by Crippen LogP contribution is 2.18. The number of carbonyl (C=O) groups is 2. The molecule has 2 rings (SSSR count). The maximum atomic E-state index is 13.5. The molecule has 0 saturated carbocycles. The minimum absolute atomic E-state index is 0.232. The number of carbonyl (C=O) groups excluding carboxylic acids is 2. The molecule has 114 valence electrons. The van der Waals surface area contributed by atoms with Crippen molar-refractivity contribution in [3.63, 3.8) is 0 Å². The molecule has 1 fully saturated rings. The highest BCUT2D eigenvalue weighted by molar-refractivity contribution is 9.10. The van der Waals surface area contributed by atoms with Crippen LogP contribution in [0.5, 0.6) is 0 Å². The van der Waals surface area contributed by atoms with Crippen LogP contribution in [0.15, 0.2) is 22.7 Å². The van der Waals surface area contributed by atoms with Gasteiger partial charge in [0.2, 0.25) is 0 Å². The number of hydrogen-bond donors (Lipinski definition) is 0. The van der Waals surface area contributed by atoms with Gasteiger partial charge in [0.1, 0.15) is 5.82 Å². The Morgan fingerprint density at radius 3 is 2.43 bits per heavy atom. The Labute approximate surface area is 130 Å². The number of benzene rings is 1. The van der Waals surface area contributed by atoms with Crippen LogP contribution in [0.1, 0.15) is 17.3 Å². The average molecular weight is 359 g/mol. The van der Waals surface area contributed by atoms with Crippen molar-refractivity contribution in [2.24, 2.45) is 0 Å². The maximum absolute atomic E-state index is 13.5. The van der Waals surface area contributed by atoms with Gasteiger partial charge in [0.15, 0.2) is 0 Å². The van der Waals surface area contributed by atoms with Gasteiger partial charge in [-0.25, -0.2) is 9.18 Å². The molecule has 0 unspecified atom stereocenters. The van der Waals surface area contributed by atoms with Gasteiger partial charge in [-0.1, -0.05) is 0 Å². The van der Waals surface area contributed by atoms with E-state index in [4.69, 9.17) is 4.74 Å². The smallest absolute Gasteiger partial charge is 0.409 e. The normalized spacial score (nSPS) is 15.0. The number of ether oxygens (including phenoxy) is 1. The molecule has 1 heterocycles. The molecule has 1 aromatic rings. The van der Waals surface area contributed by atoms with E-state index in [0.29, 0.717) is 42.8 Å². The summed E-state index contributed by atoms with van der Waals surface area (Å²) in [6, 6.07) is 4.30. The van der Waals surface area contributed by atoms with Crippen molar-refractivity contribution in [1.29, 1.82) is 0 Å². The van der Waals surface area contributed by atoms with E-state index in [1.807, 2.05) is 0 Å². The predicted molar refractivity (Wildman–Crippen MR) is 78.6 cm³/mol. The second-order valence-corrected chi connectivity index (χ2v) is 5.46. The van der Waals surface area contributed by atoms with Crippen molar-refractivity contribution in [2.45, 2.75) is 6.92 Å². The van der Waals surface area contributed by atoms with Gasteiger partial charge in [-0.15, -0.1) is 0 Å². The first-order chi connectivity index (χ1) is 10.0. The van der Waals surface area contributed by atoms with Crippen LogP contribution in [0.4, 0.5) is 9.18 Å². The van der Waals surface area contributed by atoms with Crippen LogP contribution in [-0.4, -0.2) is 54.6 Å². The Morgan fingerprint density at radius 2 is 1.86 bits per heavy atom. The molecule has 0 spiro atoms. The molecule has 21 heavy (non-hydrogen) atoms. The van der Waals surface area contributed by atoms with E-state index in [9.17, 15) is 14.0 Å². The Hall–Kier alpha value is -1.63. The molecule has 0 N–H and O–H groups in total. The first kappa shape index (κ1) is 15.8. The number of halogens is 2. The topological polar surface area (TPSA) is 49.9 Å². The standard InChI is InChI=1S/C14H16BrFN2O3/c1-2-21-14(20)18-7-5-17(6-8-18)13(19)10-3-4-11(15)12(16)9-10/h3-4,9H,2,5-8H2,1H3. The number of rotatable bonds is 2. The molecule has 1 aromatic carbocycles. The zero-order valence-electron chi connectivity index (χ0n) is 11.6. The van der Waals surface area contributed by atoms with Gasteiger partial charge in [-0.05, 0) is 41.1 Å². The summed E-state index contributed by atoms with van der Waals surface area (Å²) in [5.41, 5.74) is 0.306. The first-order valence-corrected chi connectivity index (χ1v) is 7.48. The summed E-state index contributed by atoms with van der Waals surface area (Å²) < 4.78 is 18.7. The fourth-order valence-electron chi connectivity index (χ4n) is 2.12. The van der Waals surface area contributed by atoms with E-state index in [2.05, 4.69) is 15.9 Å². The number of hydrogen-bond acceptors (Lipinski definition) is 3. The van der Waals surface area contributed by atoms with Crippen LogP contribution in [0, 0.1) is 5.82 Å². The fourth-order valence-corrected chi connectivity index (χ4v) is 2.37. The predicted octanol–water partition coefficient (Wildman–Crippen LogP) is 2.50. The SMILES string of the molecule is CCOC(=O)N1CCN(C(=O)c2ccc(Br)c(F)c2)CC1. The lowest BCUT2D eigenvalue weighted by Gasteiger charge is -2.34. The van der Waals surface area contributed by atoms with Crippen LogP contribution in [0.25, 0.3) is 0 Å². The summed E-state index contributed by atoms with van der Waals surface area (Å²) in [6.07, 6.45) is -0.362. The van der Waals surface area contributed by atoms with E-state index in [-0.39, 0.29) is 12.0 Å². The molecule has 7 heteroatoms. The largest absolute Gasteiger partial charge is 0.450 e. The van der Waals surface area contributed by atoms with Crippen LogP contribution < -0.4 is 0 Å². The third-order valence-corrected chi connectivity index (χ3v) is 3.90. The lowest BCUT2D eigenvalue weighted by atomic mass is 10.2. The molecule has 0 bridgehead atoms. The maximum Gasteiger partial charge on any atom is 0.409 e.